The van der Waals surface area contributed by atoms with Crippen molar-refractivity contribution < 1.29 is 18.7 Å². The van der Waals surface area contributed by atoms with Crippen molar-refractivity contribution in [3.05, 3.63) is 127 Å². The topological polar surface area (TPSA) is 93.7 Å². The van der Waals surface area contributed by atoms with E-state index >= 15 is 0 Å². The molecule has 0 saturated heterocycles. The minimum absolute atomic E-state index is 0.129. The van der Waals surface area contributed by atoms with Crippen LogP contribution in [0.5, 0.6) is 5.75 Å². The molecule has 0 fully saturated rings. The van der Waals surface area contributed by atoms with E-state index in [2.05, 4.69) is 0 Å². The summed E-state index contributed by atoms with van der Waals surface area (Å²) in [5, 5.41) is 8.93. The van der Waals surface area contributed by atoms with Gasteiger partial charge in [0.1, 0.15) is 17.6 Å². The van der Waals surface area contributed by atoms with Crippen LogP contribution in [0.25, 0.3) is 11.8 Å². The van der Waals surface area contributed by atoms with Crippen molar-refractivity contribution in [1.82, 2.24) is 4.57 Å². The Morgan fingerprint density at radius 1 is 1.10 bits per heavy atom. The van der Waals surface area contributed by atoms with E-state index in [1.807, 2.05) is 36.4 Å². The first-order chi connectivity index (χ1) is 19.0. The van der Waals surface area contributed by atoms with Gasteiger partial charge in [-0.1, -0.05) is 72.0 Å². The van der Waals surface area contributed by atoms with Crippen LogP contribution in [0.15, 0.2) is 94.2 Å². The first-order valence-electron chi connectivity index (χ1n) is 12.1. The van der Waals surface area contributed by atoms with E-state index in [1.165, 1.54) is 16.7 Å². The van der Waals surface area contributed by atoms with Crippen LogP contribution in [0.3, 0.4) is 0 Å². The third-order valence-electron chi connectivity index (χ3n) is 6.06. The van der Waals surface area contributed by atoms with Gasteiger partial charge in [-0.15, -0.1) is 0 Å². The fourth-order valence-electron chi connectivity index (χ4n) is 4.38. The minimum Gasteiger partial charge on any atom is -0.478 e. The summed E-state index contributed by atoms with van der Waals surface area (Å²) in [5.41, 5.74) is 2.02. The summed E-state index contributed by atoms with van der Waals surface area (Å²) in [6, 6.07) is 23.0. The van der Waals surface area contributed by atoms with Gasteiger partial charge in [0, 0.05) is 11.1 Å². The minimum atomic E-state index is -0.900. The lowest BCUT2D eigenvalue weighted by molar-refractivity contribution is -0.138. The Labute approximate surface area is 227 Å². The van der Waals surface area contributed by atoms with Crippen LogP contribution >= 0.6 is 11.3 Å². The van der Waals surface area contributed by atoms with E-state index in [4.69, 9.17) is 19.7 Å². The molecule has 39 heavy (non-hydrogen) atoms. The lowest BCUT2D eigenvalue weighted by atomic mass is 9.93. The number of hydrogen-bond acceptors (Lipinski definition) is 7. The van der Waals surface area contributed by atoms with Gasteiger partial charge >= 0.3 is 5.97 Å². The lowest BCUT2D eigenvalue weighted by Crippen LogP contribution is -2.40. The summed E-state index contributed by atoms with van der Waals surface area (Å²) in [6.07, 6.45) is 1.68. The number of carbonyl (C=O) groups is 1. The summed E-state index contributed by atoms with van der Waals surface area (Å²) in [4.78, 5) is 32.5. The molecule has 1 unspecified atom stereocenters. The normalized spacial score (nSPS) is 14.8. The van der Waals surface area contributed by atoms with Crippen LogP contribution < -0.4 is 19.6 Å². The number of nitrogens with zero attached hydrogens (tertiary/aromatic N) is 3. The number of halogens is 1. The SMILES string of the molecule is CCOC(=O)C1=C(c2ccccc2)N=c2sc(=Cc3ccccc3OCC#N)c(=O)n2C1c1ccc(F)cc1. The van der Waals surface area contributed by atoms with Crippen LogP contribution in [0.1, 0.15) is 29.7 Å². The van der Waals surface area contributed by atoms with Crippen molar-refractivity contribution in [2.24, 2.45) is 4.99 Å². The molecule has 0 N–H and O–H groups in total. The number of para-hydroxylation sites is 1. The summed E-state index contributed by atoms with van der Waals surface area (Å²) in [6.45, 7) is 1.69. The molecule has 0 aliphatic carbocycles. The largest absolute Gasteiger partial charge is 0.478 e. The average Bonchev–Trinajstić information content (AvgIpc) is 3.27. The maximum atomic E-state index is 13.9. The van der Waals surface area contributed by atoms with Gasteiger partial charge in [0.15, 0.2) is 11.4 Å². The monoisotopic (exact) mass is 539 g/mol. The molecule has 1 aliphatic heterocycles. The smallest absolute Gasteiger partial charge is 0.338 e. The molecule has 0 bridgehead atoms. The zero-order valence-corrected chi connectivity index (χ0v) is 21.7. The molecule has 0 radical (unpaired) electrons. The Bertz CT molecular complexity index is 1780. The predicted octanol–water partition coefficient (Wildman–Crippen LogP) is 3.98. The Hall–Kier alpha value is -4.81. The number of thiazole rings is 1. The fraction of sp³-hybridized carbons (Fsp3) is 0.133. The van der Waals surface area contributed by atoms with Crippen LogP contribution in [-0.2, 0) is 9.53 Å². The third kappa shape index (κ3) is 5.15. The highest BCUT2D eigenvalue weighted by molar-refractivity contribution is 7.07. The maximum Gasteiger partial charge on any atom is 0.338 e. The molecule has 1 aliphatic rings. The first-order valence-corrected chi connectivity index (χ1v) is 13.0. The molecule has 194 valence electrons. The Morgan fingerprint density at radius 2 is 1.82 bits per heavy atom. The lowest BCUT2D eigenvalue weighted by Gasteiger charge is -2.25. The van der Waals surface area contributed by atoms with Crippen LogP contribution in [0, 0.1) is 17.1 Å². The van der Waals surface area contributed by atoms with E-state index in [9.17, 15) is 14.0 Å². The fourth-order valence-corrected chi connectivity index (χ4v) is 5.38. The Balaban J connectivity index is 1.80. The zero-order valence-electron chi connectivity index (χ0n) is 20.8. The second kappa shape index (κ2) is 11.3. The molecule has 1 atom stereocenters. The van der Waals surface area contributed by atoms with Gasteiger partial charge in [0.2, 0.25) is 0 Å². The number of carbonyl (C=O) groups excluding carboxylic acids is 1. The molecule has 4 aromatic rings. The van der Waals surface area contributed by atoms with Crippen LogP contribution in [0.4, 0.5) is 4.39 Å². The highest BCUT2D eigenvalue weighted by atomic mass is 32.1. The maximum absolute atomic E-state index is 13.9. The van der Waals surface area contributed by atoms with Crippen molar-refractivity contribution in [1.29, 1.82) is 5.26 Å². The number of fused-ring (bicyclic) bond motifs is 1. The second-order valence-corrected chi connectivity index (χ2v) is 9.48. The number of esters is 1. The average molecular weight is 540 g/mol. The molecule has 0 saturated carbocycles. The van der Waals surface area contributed by atoms with Gasteiger partial charge in [-0.05, 0) is 36.8 Å². The summed E-state index contributed by atoms with van der Waals surface area (Å²) in [5.74, 6) is -0.596. The quantitative estimate of drug-likeness (QED) is 0.331. The van der Waals surface area contributed by atoms with Crippen molar-refractivity contribution in [2.75, 3.05) is 13.2 Å². The van der Waals surface area contributed by atoms with Crippen LogP contribution in [-0.4, -0.2) is 23.8 Å². The van der Waals surface area contributed by atoms with Crippen molar-refractivity contribution >= 4 is 29.1 Å². The second-order valence-electron chi connectivity index (χ2n) is 8.47. The molecule has 5 rings (SSSR count). The summed E-state index contributed by atoms with van der Waals surface area (Å²) >= 11 is 1.16. The van der Waals surface area contributed by atoms with E-state index in [0.717, 1.165) is 11.3 Å². The van der Waals surface area contributed by atoms with Gasteiger partial charge in [-0.25, -0.2) is 14.2 Å². The highest BCUT2D eigenvalue weighted by Crippen LogP contribution is 2.35. The van der Waals surface area contributed by atoms with Gasteiger partial charge in [-0.2, -0.15) is 5.26 Å². The van der Waals surface area contributed by atoms with Crippen molar-refractivity contribution in [2.45, 2.75) is 13.0 Å². The van der Waals surface area contributed by atoms with Crippen molar-refractivity contribution in [3.8, 4) is 11.8 Å². The molecule has 3 aromatic carbocycles. The Kier molecular flexibility index (Phi) is 7.48. The Morgan fingerprint density at radius 3 is 2.54 bits per heavy atom. The molecule has 1 aromatic heterocycles. The summed E-state index contributed by atoms with van der Waals surface area (Å²) < 4.78 is 26.6. The van der Waals surface area contributed by atoms with Gasteiger partial charge in [0.05, 0.1) is 28.5 Å². The zero-order chi connectivity index (χ0) is 27.4. The molecule has 9 heteroatoms. The van der Waals surface area contributed by atoms with Crippen LogP contribution in [0.2, 0.25) is 0 Å². The summed E-state index contributed by atoms with van der Waals surface area (Å²) in [7, 11) is 0. The van der Waals surface area contributed by atoms with E-state index in [1.54, 1.807) is 49.4 Å². The van der Waals surface area contributed by atoms with E-state index in [-0.39, 0.29) is 24.3 Å². The van der Waals surface area contributed by atoms with Gasteiger partial charge in [0.25, 0.3) is 5.56 Å². The van der Waals surface area contributed by atoms with Gasteiger partial charge < -0.3 is 9.47 Å². The standard InChI is InChI=1S/C30H22FN3O4S/c1-2-37-29(36)25-26(19-8-4-3-5-9-19)33-30-34(27(25)20-12-14-22(31)15-13-20)28(35)24(39-30)18-21-10-6-7-11-23(21)38-17-16-32/h3-15,18,27H,2,17H2,1H3. The van der Waals surface area contributed by atoms with Gasteiger partial charge in [-0.3, -0.25) is 9.36 Å². The van der Waals surface area contributed by atoms with E-state index in [0.29, 0.717) is 37.5 Å². The number of ether oxygens (including phenoxy) is 2. The molecule has 0 spiro atoms. The number of nitriles is 1. The molecule has 2 heterocycles. The molecular weight excluding hydrogens is 517 g/mol. The van der Waals surface area contributed by atoms with E-state index < -0.39 is 17.8 Å². The number of benzene rings is 3. The highest BCUT2D eigenvalue weighted by Gasteiger charge is 2.35. The first kappa shape index (κ1) is 25.8. The molecular formula is C30H22FN3O4S. The predicted molar refractivity (Wildman–Crippen MR) is 145 cm³/mol. The molecule has 0 amide bonds. The number of aromatic nitrogens is 1. The van der Waals surface area contributed by atoms with Crippen molar-refractivity contribution in [3.63, 3.8) is 0 Å². The number of rotatable bonds is 7. The molecule has 7 nitrogen and oxygen atoms in total. The third-order valence-corrected chi connectivity index (χ3v) is 7.04. The number of hydrogen-bond donors (Lipinski definition) is 0.